The molecular weight excluding hydrogens is 481 g/mol. The average molecular weight is 515 g/mol. The maximum Gasteiger partial charge on any atom is 0.243 e. The van der Waals surface area contributed by atoms with Gasteiger partial charge in [0, 0.05) is 37.9 Å². The van der Waals surface area contributed by atoms with Crippen molar-refractivity contribution in [3.63, 3.8) is 0 Å². The minimum atomic E-state index is -0.0882. The molecule has 2 fully saturated rings. The van der Waals surface area contributed by atoms with Crippen LogP contribution >= 0.6 is 24.0 Å². The second-order valence-corrected chi connectivity index (χ2v) is 7.58. The lowest BCUT2D eigenvalue weighted by molar-refractivity contribution is -0.115. The van der Waals surface area contributed by atoms with Gasteiger partial charge in [0.1, 0.15) is 0 Å². The van der Waals surface area contributed by atoms with E-state index >= 15 is 0 Å². The summed E-state index contributed by atoms with van der Waals surface area (Å²) in [4.78, 5) is 19.1. The predicted molar refractivity (Wildman–Crippen MR) is 128 cm³/mol. The molecule has 2 aliphatic rings. The number of morpholine rings is 1. The van der Waals surface area contributed by atoms with Gasteiger partial charge < -0.3 is 20.7 Å². The van der Waals surface area contributed by atoms with Gasteiger partial charge >= 0.3 is 0 Å². The quantitative estimate of drug-likeness (QED) is 0.308. The Morgan fingerprint density at radius 1 is 1.10 bits per heavy atom. The number of aliphatic imine (C=N–C) groups is 1. The molecule has 29 heavy (non-hydrogen) atoms. The molecule has 0 atom stereocenters. The van der Waals surface area contributed by atoms with Gasteiger partial charge in [-0.1, -0.05) is 37.5 Å². The number of rotatable bonds is 6. The van der Waals surface area contributed by atoms with Crippen molar-refractivity contribution in [3.8, 4) is 0 Å². The molecule has 1 aromatic rings. The number of anilines is 1. The highest BCUT2D eigenvalue weighted by molar-refractivity contribution is 14.0. The first-order chi connectivity index (χ1) is 13.7. The Morgan fingerprint density at radius 2 is 1.79 bits per heavy atom. The van der Waals surface area contributed by atoms with Crippen molar-refractivity contribution < 1.29 is 9.53 Å². The summed E-state index contributed by atoms with van der Waals surface area (Å²) in [6.07, 6.45) is 6.25. The van der Waals surface area contributed by atoms with Crippen LogP contribution in [0.15, 0.2) is 35.3 Å². The zero-order valence-corrected chi connectivity index (χ0v) is 19.6. The number of halogens is 1. The van der Waals surface area contributed by atoms with Gasteiger partial charge in [0.05, 0.1) is 19.8 Å². The number of guanidine groups is 1. The first-order valence-electron chi connectivity index (χ1n) is 10.3. The Labute approximate surface area is 191 Å². The van der Waals surface area contributed by atoms with Crippen LogP contribution in [0, 0.1) is 0 Å². The van der Waals surface area contributed by atoms with E-state index < -0.39 is 0 Å². The van der Waals surface area contributed by atoms with Crippen molar-refractivity contribution in [2.45, 2.75) is 37.6 Å². The third-order valence-electron chi connectivity index (χ3n) is 5.75. The number of carbonyl (C=O) groups is 1. The topological polar surface area (TPSA) is 78.0 Å². The highest BCUT2D eigenvalue weighted by atomic mass is 127. The van der Waals surface area contributed by atoms with Crippen molar-refractivity contribution >= 4 is 41.5 Å². The smallest absolute Gasteiger partial charge is 0.243 e. The van der Waals surface area contributed by atoms with Gasteiger partial charge in [-0.3, -0.25) is 14.7 Å². The molecule has 1 aliphatic heterocycles. The van der Waals surface area contributed by atoms with Gasteiger partial charge in [-0.05, 0) is 25.0 Å². The van der Waals surface area contributed by atoms with E-state index in [1.165, 1.54) is 32.1 Å². The summed E-state index contributed by atoms with van der Waals surface area (Å²) >= 11 is 0. The molecule has 7 nitrogen and oxygen atoms in total. The van der Waals surface area contributed by atoms with Crippen LogP contribution in [0.1, 0.15) is 32.1 Å². The number of amides is 1. The van der Waals surface area contributed by atoms with Crippen LogP contribution in [0.3, 0.4) is 0 Å². The monoisotopic (exact) mass is 515 g/mol. The Hall–Kier alpha value is -1.39. The van der Waals surface area contributed by atoms with Crippen LogP contribution in [0.4, 0.5) is 5.69 Å². The minimum absolute atomic E-state index is 0. The molecule has 1 amide bonds. The van der Waals surface area contributed by atoms with Crippen LogP contribution in [0.5, 0.6) is 0 Å². The van der Waals surface area contributed by atoms with Crippen LogP contribution < -0.4 is 16.0 Å². The van der Waals surface area contributed by atoms with Gasteiger partial charge in [-0.15, -0.1) is 24.0 Å². The van der Waals surface area contributed by atoms with Crippen LogP contribution in [-0.4, -0.2) is 68.7 Å². The van der Waals surface area contributed by atoms with E-state index in [9.17, 15) is 4.79 Å². The second kappa shape index (κ2) is 12.3. The largest absolute Gasteiger partial charge is 0.379 e. The summed E-state index contributed by atoms with van der Waals surface area (Å²) in [7, 11) is 1.74. The summed E-state index contributed by atoms with van der Waals surface area (Å²) in [6.45, 7) is 4.63. The Balaban J connectivity index is 0.00000300. The Bertz CT molecular complexity index is 644. The SMILES string of the molecule is CN=C(NCC(=O)Nc1ccccc1)NCC1(N2CCOCC2)CCCCC1.I. The van der Waals surface area contributed by atoms with Crippen molar-refractivity contribution in [1.29, 1.82) is 0 Å². The maximum absolute atomic E-state index is 12.2. The third-order valence-corrected chi connectivity index (χ3v) is 5.75. The van der Waals surface area contributed by atoms with Crippen LogP contribution in [0.2, 0.25) is 0 Å². The summed E-state index contributed by atoms with van der Waals surface area (Å²) in [5.41, 5.74) is 0.956. The van der Waals surface area contributed by atoms with E-state index in [1.54, 1.807) is 7.05 Å². The Morgan fingerprint density at radius 3 is 2.45 bits per heavy atom. The Kier molecular flexibility index (Phi) is 10.2. The molecule has 3 N–H and O–H groups in total. The standard InChI is InChI=1S/C21H33N5O2.HI/c1-22-20(23-16-19(27)25-18-8-4-2-5-9-18)24-17-21(10-6-3-7-11-21)26-12-14-28-15-13-26;/h2,4-5,8-9H,3,6-7,10-17H2,1H3,(H,25,27)(H2,22,23,24);1H. The van der Waals surface area contributed by atoms with Crippen LogP contribution in [0.25, 0.3) is 0 Å². The molecule has 0 spiro atoms. The van der Waals surface area contributed by atoms with E-state index in [4.69, 9.17) is 4.74 Å². The first-order valence-corrected chi connectivity index (χ1v) is 10.3. The first kappa shape index (κ1) is 23.9. The zero-order chi connectivity index (χ0) is 19.7. The summed E-state index contributed by atoms with van der Waals surface area (Å²) in [6, 6.07) is 9.48. The highest BCUT2D eigenvalue weighted by Gasteiger charge is 2.38. The lowest BCUT2D eigenvalue weighted by Gasteiger charge is -2.48. The molecule has 0 aromatic heterocycles. The number of ether oxygens (including phenoxy) is 1. The van der Waals surface area contributed by atoms with E-state index in [2.05, 4.69) is 25.8 Å². The molecule has 0 radical (unpaired) electrons. The summed E-state index contributed by atoms with van der Waals surface area (Å²) in [5, 5.41) is 9.49. The third kappa shape index (κ3) is 7.11. The van der Waals surface area contributed by atoms with Crippen molar-refractivity contribution in [3.05, 3.63) is 30.3 Å². The van der Waals surface area contributed by atoms with Crippen molar-refractivity contribution in [2.75, 3.05) is 51.8 Å². The number of benzene rings is 1. The van der Waals surface area contributed by atoms with E-state index in [1.807, 2.05) is 30.3 Å². The minimum Gasteiger partial charge on any atom is -0.379 e. The molecule has 1 aliphatic carbocycles. The van der Waals surface area contributed by atoms with Gasteiger partial charge in [0.15, 0.2) is 5.96 Å². The lowest BCUT2D eigenvalue weighted by atomic mass is 9.80. The van der Waals surface area contributed by atoms with Gasteiger partial charge in [0.2, 0.25) is 5.91 Å². The fourth-order valence-corrected chi connectivity index (χ4v) is 4.21. The molecule has 0 bridgehead atoms. The fourth-order valence-electron chi connectivity index (χ4n) is 4.21. The number of hydrogen-bond acceptors (Lipinski definition) is 4. The molecule has 8 heteroatoms. The molecule has 162 valence electrons. The highest BCUT2D eigenvalue weighted by Crippen LogP contribution is 2.33. The average Bonchev–Trinajstić information content (AvgIpc) is 2.76. The van der Waals surface area contributed by atoms with E-state index in [-0.39, 0.29) is 42.0 Å². The molecular formula is C21H34IN5O2. The fraction of sp³-hybridized carbons (Fsp3) is 0.619. The van der Waals surface area contributed by atoms with Crippen molar-refractivity contribution in [2.24, 2.45) is 4.99 Å². The number of nitrogens with one attached hydrogen (secondary N) is 3. The molecule has 1 saturated heterocycles. The van der Waals surface area contributed by atoms with Crippen LogP contribution in [-0.2, 0) is 9.53 Å². The molecule has 1 saturated carbocycles. The number of para-hydroxylation sites is 1. The molecule has 3 rings (SSSR count). The van der Waals surface area contributed by atoms with E-state index in [0.29, 0.717) is 5.96 Å². The number of hydrogen-bond donors (Lipinski definition) is 3. The van der Waals surface area contributed by atoms with Crippen molar-refractivity contribution in [1.82, 2.24) is 15.5 Å². The molecule has 1 heterocycles. The van der Waals surface area contributed by atoms with Gasteiger partial charge in [-0.25, -0.2) is 0 Å². The predicted octanol–water partition coefficient (Wildman–Crippen LogP) is 2.44. The number of carbonyl (C=O) groups excluding carboxylic acids is 1. The lowest BCUT2D eigenvalue weighted by Crippen LogP contribution is -2.60. The second-order valence-electron chi connectivity index (χ2n) is 7.58. The van der Waals surface area contributed by atoms with Gasteiger partial charge in [0.25, 0.3) is 0 Å². The van der Waals surface area contributed by atoms with Gasteiger partial charge in [-0.2, -0.15) is 0 Å². The summed E-state index contributed by atoms with van der Waals surface area (Å²) in [5.74, 6) is 0.580. The van der Waals surface area contributed by atoms with E-state index in [0.717, 1.165) is 38.5 Å². The number of nitrogens with zero attached hydrogens (tertiary/aromatic N) is 2. The normalized spacial score (nSPS) is 19.7. The summed E-state index contributed by atoms with van der Waals surface area (Å²) < 4.78 is 5.55. The maximum atomic E-state index is 12.2. The molecule has 0 unspecified atom stereocenters. The molecule has 1 aromatic carbocycles. The zero-order valence-electron chi connectivity index (χ0n) is 17.3.